The van der Waals surface area contributed by atoms with E-state index in [0.29, 0.717) is 5.69 Å². The largest absolute Gasteiger partial charge is 0.478 e. The van der Waals surface area contributed by atoms with Crippen LogP contribution in [0.3, 0.4) is 0 Å². The van der Waals surface area contributed by atoms with E-state index in [4.69, 9.17) is 9.52 Å². The lowest BCUT2D eigenvalue weighted by Crippen LogP contribution is -2.11. The van der Waals surface area contributed by atoms with Crippen LogP contribution in [-0.2, 0) is 0 Å². The number of carbonyl (C=O) groups excluding carboxylic acids is 1. The fourth-order valence-electron chi connectivity index (χ4n) is 1.96. The minimum atomic E-state index is -1.15. The molecule has 3 rings (SSSR count). The van der Waals surface area contributed by atoms with Gasteiger partial charge in [0.1, 0.15) is 6.26 Å². The Morgan fingerprint density at radius 3 is 2.81 bits per heavy atom. The topological polar surface area (TPSA) is 92.4 Å². The van der Waals surface area contributed by atoms with Gasteiger partial charge in [0.2, 0.25) is 0 Å². The number of fused-ring (bicyclic) bond motifs is 1. The number of aromatic carboxylic acids is 1. The van der Waals surface area contributed by atoms with E-state index in [-0.39, 0.29) is 11.3 Å². The molecule has 0 saturated carbocycles. The molecule has 2 heterocycles. The monoisotopic (exact) mass is 282 g/mol. The molecule has 0 bridgehead atoms. The lowest BCUT2D eigenvalue weighted by atomic mass is 10.2. The van der Waals surface area contributed by atoms with Crippen LogP contribution >= 0.6 is 0 Å². The maximum absolute atomic E-state index is 12.1. The summed E-state index contributed by atoms with van der Waals surface area (Å²) in [4.78, 5) is 27.0. The van der Waals surface area contributed by atoms with Gasteiger partial charge in [-0.15, -0.1) is 0 Å². The van der Waals surface area contributed by atoms with Crippen molar-refractivity contribution in [3.8, 4) is 0 Å². The van der Waals surface area contributed by atoms with Crippen LogP contribution in [0.5, 0.6) is 0 Å². The van der Waals surface area contributed by atoms with Crippen molar-refractivity contribution in [3.63, 3.8) is 0 Å². The molecule has 6 heteroatoms. The minimum Gasteiger partial charge on any atom is -0.478 e. The van der Waals surface area contributed by atoms with E-state index in [2.05, 4.69) is 10.3 Å². The molecule has 3 aromatic rings. The van der Waals surface area contributed by atoms with Crippen molar-refractivity contribution in [2.75, 3.05) is 5.32 Å². The lowest BCUT2D eigenvalue weighted by molar-refractivity contribution is 0.0696. The molecule has 1 amide bonds. The van der Waals surface area contributed by atoms with E-state index < -0.39 is 11.9 Å². The van der Waals surface area contributed by atoms with Gasteiger partial charge in [-0.1, -0.05) is 6.07 Å². The van der Waals surface area contributed by atoms with Crippen molar-refractivity contribution in [2.45, 2.75) is 0 Å². The molecule has 0 spiro atoms. The lowest BCUT2D eigenvalue weighted by Gasteiger charge is -2.06. The molecule has 0 radical (unpaired) electrons. The summed E-state index contributed by atoms with van der Waals surface area (Å²) in [6.07, 6.45) is 2.70. The first kappa shape index (κ1) is 12.9. The highest BCUT2D eigenvalue weighted by Crippen LogP contribution is 2.22. The zero-order valence-electron chi connectivity index (χ0n) is 10.7. The van der Waals surface area contributed by atoms with Gasteiger partial charge in [-0.25, -0.2) is 4.79 Å². The molecular formula is C15H10N2O4. The van der Waals surface area contributed by atoms with Crippen molar-refractivity contribution >= 4 is 28.5 Å². The van der Waals surface area contributed by atoms with Crippen molar-refractivity contribution in [1.29, 1.82) is 0 Å². The SMILES string of the molecule is O=C(O)c1coc(C(=O)Nc2cccc3ncccc23)c1. The fourth-order valence-corrected chi connectivity index (χ4v) is 1.96. The number of furan rings is 1. The van der Waals surface area contributed by atoms with Gasteiger partial charge in [-0.3, -0.25) is 9.78 Å². The predicted molar refractivity (Wildman–Crippen MR) is 75.4 cm³/mol. The molecule has 0 unspecified atom stereocenters. The summed E-state index contributed by atoms with van der Waals surface area (Å²) in [5, 5.41) is 12.3. The first-order valence-electron chi connectivity index (χ1n) is 6.12. The maximum atomic E-state index is 12.1. The first-order valence-corrected chi connectivity index (χ1v) is 6.12. The molecule has 0 atom stereocenters. The third-order valence-electron chi connectivity index (χ3n) is 2.96. The predicted octanol–water partition coefficient (Wildman–Crippen LogP) is 2.78. The van der Waals surface area contributed by atoms with Gasteiger partial charge in [-0.05, 0) is 24.3 Å². The molecule has 6 nitrogen and oxygen atoms in total. The Morgan fingerprint density at radius 1 is 1.19 bits per heavy atom. The normalized spacial score (nSPS) is 10.5. The van der Waals surface area contributed by atoms with Crippen LogP contribution in [0, 0.1) is 0 Å². The van der Waals surface area contributed by atoms with Gasteiger partial charge in [-0.2, -0.15) is 0 Å². The van der Waals surface area contributed by atoms with E-state index in [0.717, 1.165) is 17.2 Å². The number of carboxylic acid groups (broad SMARTS) is 1. The Morgan fingerprint density at radius 2 is 2.05 bits per heavy atom. The van der Waals surface area contributed by atoms with Gasteiger partial charge < -0.3 is 14.8 Å². The molecule has 0 aliphatic carbocycles. The summed E-state index contributed by atoms with van der Waals surface area (Å²) in [7, 11) is 0. The van der Waals surface area contributed by atoms with Gasteiger partial charge in [0.15, 0.2) is 5.76 Å². The standard InChI is InChI=1S/C15H10N2O4/c18-14(13-7-9(8-21-13)15(19)20)17-12-5-1-4-11-10(12)3-2-6-16-11/h1-8H,(H,17,18)(H,19,20). The summed E-state index contributed by atoms with van der Waals surface area (Å²) in [6.45, 7) is 0. The molecule has 2 N–H and O–H groups in total. The Kier molecular flexibility index (Phi) is 3.12. The van der Waals surface area contributed by atoms with Crippen molar-refractivity contribution in [2.24, 2.45) is 0 Å². The zero-order chi connectivity index (χ0) is 14.8. The number of anilines is 1. The van der Waals surface area contributed by atoms with E-state index in [1.807, 2.05) is 12.1 Å². The number of carboxylic acids is 1. The number of pyridine rings is 1. The van der Waals surface area contributed by atoms with Crippen LogP contribution < -0.4 is 5.32 Å². The number of aromatic nitrogens is 1. The summed E-state index contributed by atoms with van der Waals surface area (Å²) in [6, 6.07) is 10.1. The van der Waals surface area contributed by atoms with Crippen LogP contribution in [0.15, 0.2) is 53.3 Å². The second-order valence-electron chi connectivity index (χ2n) is 4.33. The van der Waals surface area contributed by atoms with Gasteiger partial charge in [0, 0.05) is 17.6 Å². The van der Waals surface area contributed by atoms with Crippen molar-refractivity contribution in [1.82, 2.24) is 4.98 Å². The number of hydrogen-bond acceptors (Lipinski definition) is 4. The number of carbonyl (C=O) groups is 2. The summed E-state index contributed by atoms with van der Waals surface area (Å²) >= 11 is 0. The van der Waals surface area contributed by atoms with E-state index in [1.54, 1.807) is 24.4 Å². The average molecular weight is 282 g/mol. The highest BCUT2D eigenvalue weighted by Gasteiger charge is 2.15. The first-order chi connectivity index (χ1) is 10.1. The zero-order valence-corrected chi connectivity index (χ0v) is 10.7. The number of amides is 1. The third kappa shape index (κ3) is 2.46. The van der Waals surface area contributed by atoms with Crippen LogP contribution in [0.25, 0.3) is 10.9 Å². The Hall–Kier alpha value is -3.15. The highest BCUT2D eigenvalue weighted by molar-refractivity contribution is 6.08. The number of rotatable bonds is 3. The second kappa shape index (κ2) is 5.09. The van der Waals surface area contributed by atoms with Gasteiger partial charge in [0.25, 0.3) is 5.91 Å². The van der Waals surface area contributed by atoms with Gasteiger partial charge >= 0.3 is 5.97 Å². The second-order valence-corrected chi connectivity index (χ2v) is 4.33. The Balaban J connectivity index is 1.91. The average Bonchev–Trinajstić information content (AvgIpc) is 2.98. The van der Waals surface area contributed by atoms with Gasteiger partial charge in [0.05, 0.1) is 16.8 Å². The number of hydrogen-bond donors (Lipinski definition) is 2. The van der Waals surface area contributed by atoms with Crippen molar-refractivity contribution < 1.29 is 19.1 Å². The molecule has 0 aliphatic heterocycles. The molecule has 0 fully saturated rings. The molecule has 0 saturated heterocycles. The van der Waals surface area contributed by atoms with E-state index >= 15 is 0 Å². The number of benzene rings is 1. The Labute approximate surface area is 119 Å². The molecule has 21 heavy (non-hydrogen) atoms. The smallest absolute Gasteiger partial charge is 0.338 e. The van der Waals surface area contributed by atoms with Crippen LogP contribution in [0.1, 0.15) is 20.9 Å². The maximum Gasteiger partial charge on any atom is 0.338 e. The summed E-state index contributed by atoms with van der Waals surface area (Å²) in [5.41, 5.74) is 1.26. The molecule has 2 aromatic heterocycles. The highest BCUT2D eigenvalue weighted by atomic mass is 16.4. The van der Waals surface area contributed by atoms with Crippen LogP contribution in [0.4, 0.5) is 5.69 Å². The minimum absolute atomic E-state index is 0.0618. The number of nitrogens with one attached hydrogen (secondary N) is 1. The third-order valence-corrected chi connectivity index (χ3v) is 2.96. The summed E-state index contributed by atoms with van der Waals surface area (Å²) in [5.74, 6) is -1.72. The van der Waals surface area contributed by atoms with E-state index in [1.165, 1.54) is 6.07 Å². The van der Waals surface area contributed by atoms with Crippen LogP contribution in [-0.4, -0.2) is 22.0 Å². The van der Waals surface area contributed by atoms with E-state index in [9.17, 15) is 9.59 Å². The van der Waals surface area contributed by atoms with Crippen molar-refractivity contribution in [3.05, 3.63) is 60.2 Å². The number of nitrogens with zero attached hydrogens (tertiary/aromatic N) is 1. The summed E-state index contributed by atoms with van der Waals surface area (Å²) < 4.78 is 4.96. The molecular weight excluding hydrogens is 272 g/mol. The Bertz CT molecular complexity index is 833. The molecule has 1 aromatic carbocycles. The fraction of sp³-hybridized carbons (Fsp3) is 0. The van der Waals surface area contributed by atoms with Crippen LogP contribution in [0.2, 0.25) is 0 Å². The molecule has 104 valence electrons. The molecule has 0 aliphatic rings. The quantitative estimate of drug-likeness (QED) is 0.770.